The van der Waals surface area contributed by atoms with E-state index in [1.54, 1.807) is 62.4 Å². The van der Waals surface area contributed by atoms with Gasteiger partial charge in [0.05, 0.1) is 71.3 Å². The fourth-order valence-electron chi connectivity index (χ4n) is 9.02. The van der Waals surface area contributed by atoms with Crippen molar-refractivity contribution >= 4 is 237 Å². The lowest BCUT2D eigenvalue weighted by Gasteiger charge is -2.16. The van der Waals surface area contributed by atoms with Gasteiger partial charge in [0.1, 0.15) is 27.3 Å². The highest BCUT2D eigenvalue weighted by Crippen LogP contribution is 2.39. The third-order valence-corrected chi connectivity index (χ3v) is 20.1. The molecule has 0 amide bonds. The standard InChI is InChI=1S/C19H15Cl2N9O9S3.C19H15Cl2N9O6S2.C19H15ClFN9O6S2/c1-8-22-15(20)27-17(23-8)25-11-6-12(14(42(35,36)37)7-13(11)40-39-38-31)26-19-29-16(21)28-18(30-19)24-9-2-4-10(5-3-9)41(32,33)34;1-9-22-15(20)27-17(23-9)26-13-8-11(5-6-14(13)37-36-35-31)25-19-29-16(21)28-18(30-19)24-10-3-2-4-12(7-10)38(32,33)34;1-9-22-16(21)29-17(23-9)24-10-2-4-11(5-3-10)25-18-27-15(20)28-19(30-18)26-13-8-12(37(31,32)33)6-7-14(13)38(34,35)36/h2-7,31H,1H3,(H,32,33,34)(H,35,36,37)(H,22,23,25,27)(H2,24,26,28,29,30);2-8,31H,1H3,(H,32,33,34)(H,22,23,26,27)(H2,24,25,28,29,30);2-8H,1H3,(H,31,32,33)(H,34,35,36)(H,22,23,24,29)(H2,25,26,27,28,30). The smallest absolute Gasteiger partial charge is 0.313 e. The largest absolute Gasteiger partial charge is 0.324 e. The van der Waals surface area contributed by atoms with Crippen LogP contribution in [0.1, 0.15) is 17.5 Å². The summed E-state index contributed by atoms with van der Waals surface area (Å²) >= 11 is 30.9. The van der Waals surface area contributed by atoms with E-state index in [1.165, 1.54) is 43.3 Å². The summed E-state index contributed by atoms with van der Waals surface area (Å²) < 4.78 is 186. The first-order chi connectivity index (χ1) is 55.5. The Hall–Kier alpha value is -11.0. The van der Waals surface area contributed by atoms with E-state index in [0.29, 0.717) is 63.2 Å². The molecule has 0 unspecified atom stereocenters. The predicted octanol–water partition coefficient (Wildman–Crippen LogP) is 11.3. The number of nitrogens with zero attached hydrogens (tertiary/aromatic N) is 18. The lowest BCUT2D eigenvalue weighted by molar-refractivity contribution is -0.432. The summed E-state index contributed by atoms with van der Waals surface area (Å²) in [7, 11) is -23.2. The van der Waals surface area contributed by atoms with Gasteiger partial charge in [0.2, 0.25) is 80.0 Å². The van der Waals surface area contributed by atoms with E-state index < -0.39 is 77.0 Å². The molecule has 0 saturated heterocycles. The lowest BCUT2D eigenvalue weighted by atomic mass is 10.2. The molecule has 61 heteroatoms. The molecule has 0 saturated carbocycles. The summed E-state index contributed by atoms with van der Waals surface area (Å²) in [5.41, 5.74) is 1.76. The number of halogens is 6. The van der Waals surface area contributed by atoms with Crippen LogP contribution in [0.2, 0.25) is 26.4 Å². The Kier molecular flexibility index (Phi) is 29.2. The first-order valence-electron chi connectivity index (χ1n) is 30.8. The van der Waals surface area contributed by atoms with E-state index in [0.717, 1.165) is 36.4 Å². The Bertz CT molecular complexity index is 6320. The van der Waals surface area contributed by atoms with Crippen molar-refractivity contribution in [2.75, 3.05) is 47.9 Å². The number of anilines is 18. The zero-order valence-electron chi connectivity index (χ0n) is 58.1. The quantitative estimate of drug-likeness (QED) is 0.00896. The van der Waals surface area contributed by atoms with Crippen molar-refractivity contribution in [1.82, 2.24) is 89.7 Å². The van der Waals surface area contributed by atoms with E-state index >= 15 is 0 Å². The first kappa shape index (κ1) is 89.3. The molecule has 0 aliphatic heterocycles. The van der Waals surface area contributed by atoms with Gasteiger partial charge in [-0.3, -0.25) is 22.8 Å². The second-order valence-corrected chi connectivity index (χ2v) is 32.2. The van der Waals surface area contributed by atoms with Crippen LogP contribution >= 0.6 is 82.1 Å². The van der Waals surface area contributed by atoms with Crippen LogP contribution in [0.3, 0.4) is 0 Å². The molecule has 6 aromatic heterocycles. The van der Waals surface area contributed by atoms with Crippen molar-refractivity contribution in [3.63, 3.8) is 0 Å². The highest BCUT2D eigenvalue weighted by atomic mass is 35.5. The minimum atomic E-state index is -4.90. The van der Waals surface area contributed by atoms with Crippen LogP contribution in [-0.4, -0.2) is 165 Å². The number of rotatable bonds is 29. The van der Waals surface area contributed by atoms with Crippen LogP contribution < -0.4 is 47.9 Å². The van der Waals surface area contributed by atoms with Gasteiger partial charge in [-0.05, 0) is 194 Å². The van der Waals surface area contributed by atoms with Crippen molar-refractivity contribution in [1.29, 1.82) is 0 Å². The summed E-state index contributed by atoms with van der Waals surface area (Å²) in [6, 6.07) is 26.0. The monoisotopic (exact) mass is 1860 g/mol. The average molecular weight is 1860 g/mol. The molecule has 0 aliphatic rings. The number of benzene rings is 6. The van der Waals surface area contributed by atoms with Crippen LogP contribution in [0.15, 0.2) is 156 Å². The maximum absolute atomic E-state index is 13.4. The summed E-state index contributed by atoms with van der Waals surface area (Å²) in [5.74, 6) is 0.104. The maximum Gasteiger partial charge on any atom is 0.313 e. The molecule has 0 fully saturated rings. The van der Waals surface area contributed by atoms with Gasteiger partial charge >= 0.3 is 6.08 Å². The van der Waals surface area contributed by atoms with Gasteiger partial charge in [0.25, 0.3) is 50.6 Å². The second kappa shape index (κ2) is 38.6. The number of hydrogen-bond donors (Lipinski definition) is 16. The molecule has 0 radical (unpaired) electrons. The average Bonchev–Trinajstić information content (AvgIpc) is 0.790. The van der Waals surface area contributed by atoms with Gasteiger partial charge in [-0.15, -0.1) is 8.67 Å². The highest BCUT2D eigenvalue weighted by Gasteiger charge is 2.26. The number of hydrogen-bond acceptors (Lipinski definition) is 45. The molecule has 0 aliphatic carbocycles. The Morgan fingerprint density at radius 1 is 0.305 bits per heavy atom. The van der Waals surface area contributed by atoms with Crippen LogP contribution in [0.4, 0.5) is 109 Å². The zero-order valence-corrected chi connectivity index (χ0v) is 67.6. The maximum atomic E-state index is 13.4. The Balaban J connectivity index is 0.000000187. The van der Waals surface area contributed by atoms with E-state index in [2.05, 4.69) is 156 Å². The van der Waals surface area contributed by atoms with Crippen molar-refractivity contribution in [2.45, 2.75) is 55.0 Å². The zero-order chi connectivity index (χ0) is 85.6. The fraction of sp³-hybridized carbons (Fsp3) is 0.0526. The SMILES string of the molecule is Cc1nc(Cl)nc(Nc2cc(Nc3nc(Cl)nc(Nc4ccc(S(=O)(=O)O)cc4)n3)c(S(=O)(=O)O)cc2SOOO)n1.Cc1nc(Cl)nc(Nc2cc(Nc3nc(Cl)nc(Nc4cccc(S(=O)(=O)O)c4)n3)ccc2SOOO)n1.Cc1nc(F)nc(Nc2ccc(Nc3nc(Cl)nc(Nc4cc(S(=O)(=O)O)ccc4S(=O)(=O)O)n3)cc2)n1. The van der Waals surface area contributed by atoms with Crippen LogP contribution in [0, 0.1) is 26.8 Å². The molecule has 0 bridgehead atoms. The van der Waals surface area contributed by atoms with Gasteiger partial charge in [0, 0.05) is 28.4 Å². The predicted molar refractivity (Wildman–Crippen MR) is 417 cm³/mol. The van der Waals surface area contributed by atoms with Crippen molar-refractivity contribution in [3.05, 3.63) is 171 Å². The first-order valence-corrected chi connectivity index (χ1v) is 41.4. The van der Waals surface area contributed by atoms with E-state index in [9.17, 15) is 64.7 Å². The molecule has 618 valence electrons. The van der Waals surface area contributed by atoms with Crippen molar-refractivity contribution < 1.29 is 98.5 Å². The van der Waals surface area contributed by atoms with Crippen molar-refractivity contribution in [2.24, 2.45) is 0 Å². The second-order valence-electron chi connectivity index (χ2n) is 22.0. The topological polar surface area (TPSA) is 690 Å². The van der Waals surface area contributed by atoms with Gasteiger partial charge in [0.15, 0.2) is 0 Å². The van der Waals surface area contributed by atoms with Gasteiger partial charge in [-0.1, -0.05) is 16.1 Å². The summed E-state index contributed by atoms with van der Waals surface area (Å²) in [6.45, 7) is 4.70. The molecule has 16 N–H and O–H groups in total. The van der Waals surface area contributed by atoms with E-state index in [4.69, 9.17) is 73.1 Å². The van der Waals surface area contributed by atoms with E-state index in [-0.39, 0.29) is 123 Å². The molecule has 6 aromatic carbocycles. The molecule has 12 rings (SSSR count). The normalized spacial score (nSPS) is 11.6. The molecular formula is C57H45Cl5FN27O21S7. The van der Waals surface area contributed by atoms with Crippen molar-refractivity contribution in [3.8, 4) is 0 Å². The number of nitrogens with one attached hydrogen (secondary N) is 9. The van der Waals surface area contributed by atoms with Crippen LogP contribution in [-0.2, 0) is 69.3 Å². The lowest BCUT2D eigenvalue weighted by Crippen LogP contribution is -2.09. The fourth-order valence-corrected chi connectivity index (χ4v) is 13.7. The molecular weight excluding hydrogens is 1820 g/mol. The molecule has 118 heavy (non-hydrogen) atoms. The minimum Gasteiger partial charge on any atom is -0.324 e. The van der Waals surface area contributed by atoms with Gasteiger partial charge in [-0.2, -0.15) is 126 Å². The highest BCUT2D eigenvalue weighted by molar-refractivity contribution is 7.95. The summed E-state index contributed by atoms with van der Waals surface area (Å²) in [4.78, 5) is 68.5. The molecule has 0 spiro atoms. The third-order valence-electron chi connectivity index (χ3n) is 13.6. The minimum absolute atomic E-state index is 0.00527. The van der Waals surface area contributed by atoms with Gasteiger partial charge in [-0.25, -0.2) is 20.5 Å². The molecule has 48 nitrogen and oxygen atoms in total. The Morgan fingerprint density at radius 3 is 1.05 bits per heavy atom. The Morgan fingerprint density at radius 2 is 0.636 bits per heavy atom. The molecule has 0 atom stereocenters. The van der Waals surface area contributed by atoms with Gasteiger partial charge < -0.3 is 47.9 Å². The van der Waals surface area contributed by atoms with E-state index in [1.807, 2.05) is 0 Å². The third kappa shape index (κ3) is 26.5. The Labute approximate surface area is 694 Å². The summed E-state index contributed by atoms with van der Waals surface area (Å²) in [5, 5.41) is 48.4. The molecule has 12 aromatic rings. The summed E-state index contributed by atoms with van der Waals surface area (Å²) in [6.07, 6.45) is -0.928. The number of aryl methyl sites for hydroxylation is 3. The molecule has 6 heterocycles. The number of aromatic nitrogens is 18. The van der Waals surface area contributed by atoms with Crippen LogP contribution in [0.5, 0.6) is 0 Å². The van der Waals surface area contributed by atoms with Crippen LogP contribution in [0.25, 0.3) is 0 Å².